The quantitative estimate of drug-likeness (QED) is 0.401. The molecule has 33 heavy (non-hydrogen) atoms. The van der Waals surface area contributed by atoms with Gasteiger partial charge in [0.25, 0.3) is 0 Å². The Morgan fingerprint density at radius 1 is 1.27 bits per heavy atom. The molecular formula is C27H41NO4S. The lowest BCUT2D eigenvalue weighted by atomic mass is 9.74. The van der Waals surface area contributed by atoms with Crippen molar-refractivity contribution in [1.29, 1.82) is 0 Å². The number of rotatable bonds is 2. The van der Waals surface area contributed by atoms with Crippen molar-refractivity contribution >= 4 is 29.2 Å². The van der Waals surface area contributed by atoms with E-state index in [0.29, 0.717) is 12.3 Å². The molecule has 2 heterocycles. The molecule has 1 aromatic heterocycles. The number of ketones is 1. The Morgan fingerprint density at radius 2 is 1.97 bits per heavy atom. The SMILES string of the molecule is C/C1=C/C[C@@H](/C(C)=C/c2csc(C)n2)OC(=O)CC(O)C(C)(C)C(=O)[C@H](C)C[C@@H](C)CCC1. The van der Waals surface area contributed by atoms with Crippen LogP contribution < -0.4 is 0 Å². The zero-order valence-corrected chi connectivity index (χ0v) is 22.1. The summed E-state index contributed by atoms with van der Waals surface area (Å²) in [5.74, 6) is -0.217. The van der Waals surface area contributed by atoms with E-state index in [2.05, 4.69) is 24.9 Å². The molecule has 0 fully saturated rings. The normalized spacial score (nSPS) is 30.4. The fourth-order valence-corrected chi connectivity index (χ4v) is 5.06. The summed E-state index contributed by atoms with van der Waals surface area (Å²) in [5.41, 5.74) is 2.03. The number of allylic oxidation sites excluding steroid dienone is 1. The first kappa shape index (κ1) is 27.5. The van der Waals surface area contributed by atoms with E-state index in [1.54, 1.807) is 25.2 Å². The molecule has 1 aliphatic heterocycles. The number of Topliss-reactive ketones (excluding diaryl/α,β-unsaturated/α-hetero) is 1. The summed E-state index contributed by atoms with van der Waals surface area (Å²) in [6, 6.07) is 0. The highest BCUT2D eigenvalue weighted by atomic mass is 32.1. The monoisotopic (exact) mass is 475 g/mol. The first-order chi connectivity index (χ1) is 15.4. The van der Waals surface area contributed by atoms with E-state index in [0.717, 1.165) is 42.0 Å². The second kappa shape index (κ2) is 12.1. The van der Waals surface area contributed by atoms with Gasteiger partial charge in [0.1, 0.15) is 11.9 Å². The lowest BCUT2D eigenvalue weighted by Crippen LogP contribution is -2.42. The Balaban J connectivity index is 2.29. The molecule has 184 valence electrons. The molecule has 1 N–H and O–H groups in total. The summed E-state index contributed by atoms with van der Waals surface area (Å²) in [6.07, 6.45) is 6.87. The Morgan fingerprint density at radius 3 is 2.61 bits per heavy atom. The van der Waals surface area contributed by atoms with E-state index in [4.69, 9.17) is 4.74 Å². The molecule has 1 unspecified atom stereocenters. The van der Waals surface area contributed by atoms with Crippen LogP contribution in [0.4, 0.5) is 0 Å². The third-order valence-corrected chi connectivity index (χ3v) is 7.57. The Kier molecular flexibility index (Phi) is 10.0. The number of esters is 1. The lowest BCUT2D eigenvalue weighted by molar-refractivity contribution is -0.153. The standard InChI is InChI=1S/C27H41NO4S/c1-17-9-8-10-18(2)13-20(4)26(31)27(6,7)24(29)15-25(30)32-23(12-11-17)19(3)14-22-16-33-21(5)28-22/h11,14,16,18,20,23-24,29H,8-10,12-13,15H2,1-7H3/b17-11-,19-14+/t18-,20+,23-,24?/m0/s1. The molecule has 0 spiro atoms. The predicted molar refractivity (Wildman–Crippen MR) is 135 cm³/mol. The zero-order chi connectivity index (χ0) is 24.8. The van der Waals surface area contributed by atoms with Gasteiger partial charge in [0.05, 0.1) is 28.6 Å². The van der Waals surface area contributed by atoms with Gasteiger partial charge >= 0.3 is 5.97 Å². The van der Waals surface area contributed by atoms with Gasteiger partial charge in [-0.25, -0.2) is 4.98 Å². The number of ether oxygens (including phenoxy) is 1. The summed E-state index contributed by atoms with van der Waals surface area (Å²) in [4.78, 5) is 30.4. The Labute approximate surface area is 203 Å². The van der Waals surface area contributed by atoms with Crippen LogP contribution in [0.25, 0.3) is 6.08 Å². The summed E-state index contributed by atoms with van der Waals surface area (Å²) >= 11 is 1.58. The minimum Gasteiger partial charge on any atom is -0.457 e. The number of aliphatic hydroxyl groups is 1. The molecule has 6 heteroatoms. The van der Waals surface area contributed by atoms with Crippen molar-refractivity contribution in [3.8, 4) is 0 Å². The van der Waals surface area contributed by atoms with Crippen LogP contribution in [0.15, 0.2) is 22.6 Å². The highest BCUT2D eigenvalue weighted by Crippen LogP contribution is 2.32. The Bertz CT molecular complexity index is 882. The molecule has 4 atom stereocenters. The third-order valence-electron chi connectivity index (χ3n) is 6.77. The summed E-state index contributed by atoms with van der Waals surface area (Å²) in [5, 5.41) is 13.8. The molecule has 5 nitrogen and oxygen atoms in total. The van der Waals surface area contributed by atoms with Crippen LogP contribution in [0.5, 0.6) is 0 Å². The van der Waals surface area contributed by atoms with Gasteiger partial charge in [0.15, 0.2) is 0 Å². The van der Waals surface area contributed by atoms with Crippen molar-refractivity contribution in [3.63, 3.8) is 0 Å². The highest BCUT2D eigenvalue weighted by Gasteiger charge is 2.39. The number of thiazole rings is 1. The van der Waals surface area contributed by atoms with E-state index >= 15 is 0 Å². The molecule has 0 aliphatic carbocycles. The van der Waals surface area contributed by atoms with E-state index in [9.17, 15) is 14.7 Å². The first-order valence-electron chi connectivity index (χ1n) is 12.1. The van der Waals surface area contributed by atoms with Crippen LogP contribution >= 0.6 is 11.3 Å². The van der Waals surface area contributed by atoms with Gasteiger partial charge in [-0.05, 0) is 57.6 Å². The molecule has 2 rings (SSSR count). The van der Waals surface area contributed by atoms with Crippen molar-refractivity contribution in [2.45, 2.75) is 99.2 Å². The van der Waals surface area contributed by atoms with E-state index in [1.807, 2.05) is 32.2 Å². The number of aromatic nitrogens is 1. The van der Waals surface area contributed by atoms with Crippen LogP contribution in [0.3, 0.4) is 0 Å². The van der Waals surface area contributed by atoms with Crippen molar-refractivity contribution in [3.05, 3.63) is 33.3 Å². The van der Waals surface area contributed by atoms with Crippen LogP contribution in [-0.4, -0.2) is 34.1 Å². The lowest BCUT2D eigenvalue weighted by Gasteiger charge is -2.32. The number of cyclic esters (lactones) is 1. The van der Waals surface area contributed by atoms with Crippen LogP contribution in [0, 0.1) is 24.2 Å². The number of aliphatic hydroxyl groups excluding tert-OH is 1. The molecular weight excluding hydrogens is 434 g/mol. The van der Waals surface area contributed by atoms with Crippen LogP contribution in [0.2, 0.25) is 0 Å². The third kappa shape index (κ3) is 8.18. The average Bonchev–Trinajstić information content (AvgIpc) is 3.13. The van der Waals surface area contributed by atoms with E-state index < -0.39 is 23.6 Å². The minimum atomic E-state index is -1.09. The van der Waals surface area contributed by atoms with E-state index in [1.165, 1.54) is 5.57 Å². The maximum Gasteiger partial charge on any atom is 0.309 e. The number of hydrogen-bond donors (Lipinski definition) is 1. The summed E-state index contributed by atoms with van der Waals surface area (Å²) in [7, 11) is 0. The van der Waals surface area contributed by atoms with Gasteiger partial charge in [-0.2, -0.15) is 0 Å². The fraction of sp³-hybridized carbons (Fsp3) is 0.667. The van der Waals surface area contributed by atoms with Crippen LogP contribution in [0.1, 0.15) is 90.8 Å². The molecule has 1 aromatic rings. The molecule has 0 saturated heterocycles. The van der Waals surface area contributed by atoms with Crippen molar-refractivity contribution in [1.82, 2.24) is 4.98 Å². The number of carbonyl (C=O) groups excluding carboxylic acids is 2. The predicted octanol–water partition coefficient (Wildman–Crippen LogP) is 6.30. The molecule has 0 aromatic carbocycles. The number of nitrogens with zero attached hydrogens (tertiary/aromatic N) is 1. The number of aryl methyl sites for hydroxylation is 1. The summed E-state index contributed by atoms with van der Waals surface area (Å²) < 4.78 is 5.84. The first-order valence-corrected chi connectivity index (χ1v) is 13.0. The smallest absolute Gasteiger partial charge is 0.309 e. The maximum absolute atomic E-state index is 13.1. The fourth-order valence-electron chi connectivity index (χ4n) is 4.49. The minimum absolute atomic E-state index is 0.00403. The number of hydrogen-bond acceptors (Lipinski definition) is 6. The van der Waals surface area contributed by atoms with Gasteiger partial charge < -0.3 is 9.84 Å². The second-order valence-corrected chi connectivity index (χ2v) is 11.4. The molecule has 1 aliphatic rings. The van der Waals surface area contributed by atoms with Crippen LogP contribution in [-0.2, 0) is 14.3 Å². The topological polar surface area (TPSA) is 76.5 Å². The molecule has 0 amide bonds. The highest BCUT2D eigenvalue weighted by molar-refractivity contribution is 7.09. The zero-order valence-electron chi connectivity index (χ0n) is 21.3. The Hall–Kier alpha value is -1.79. The van der Waals surface area contributed by atoms with Crippen molar-refractivity contribution < 1.29 is 19.4 Å². The maximum atomic E-state index is 13.1. The van der Waals surface area contributed by atoms with Gasteiger partial charge in [-0.1, -0.05) is 45.8 Å². The van der Waals surface area contributed by atoms with Crippen molar-refractivity contribution in [2.24, 2.45) is 17.3 Å². The largest absolute Gasteiger partial charge is 0.457 e. The number of carbonyl (C=O) groups is 2. The van der Waals surface area contributed by atoms with Gasteiger partial charge in [-0.15, -0.1) is 11.3 Å². The van der Waals surface area contributed by atoms with Gasteiger partial charge in [0, 0.05) is 17.7 Å². The summed E-state index contributed by atoms with van der Waals surface area (Å²) in [6.45, 7) is 13.6. The second-order valence-electron chi connectivity index (χ2n) is 10.4. The van der Waals surface area contributed by atoms with Gasteiger partial charge in [0.2, 0.25) is 0 Å². The molecule has 0 radical (unpaired) electrons. The van der Waals surface area contributed by atoms with Crippen molar-refractivity contribution in [2.75, 3.05) is 0 Å². The molecule has 0 saturated carbocycles. The van der Waals surface area contributed by atoms with E-state index in [-0.39, 0.29) is 18.1 Å². The molecule has 0 bridgehead atoms. The average molecular weight is 476 g/mol. The van der Waals surface area contributed by atoms with Gasteiger partial charge in [-0.3, -0.25) is 9.59 Å².